The van der Waals surface area contributed by atoms with Crippen molar-refractivity contribution in [1.29, 1.82) is 0 Å². The van der Waals surface area contributed by atoms with E-state index in [0.29, 0.717) is 29.6 Å². The summed E-state index contributed by atoms with van der Waals surface area (Å²) in [6.45, 7) is 4.35. The summed E-state index contributed by atoms with van der Waals surface area (Å²) < 4.78 is 8.66. The molecule has 0 saturated carbocycles. The average Bonchev–Trinajstić information content (AvgIpc) is 3.85. The normalized spacial score (nSPS) is 12.2. The summed E-state index contributed by atoms with van der Waals surface area (Å²) in [5.41, 5.74) is 10.2. The fourth-order valence-electron chi connectivity index (χ4n) is 7.32. The molecule has 0 aliphatic carbocycles. The van der Waals surface area contributed by atoms with Gasteiger partial charge in [-0.25, -0.2) is 20.0 Å². The predicted octanol–water partition coefficient (Wildman–Crippen LogP) is 12.8. The summed E-state index contributed by atoms with van der Waals surface area (Å²) in [4.78, 5) is 24.6. The molecule has 3 heterocycles. The van der Waals surface area contributed by atoms with Crippen molar-refractivity contribution in [3.8, 4) is 33.8 Å². The summed E-state index contributed by atoms with van der Waals surface area (Å²) in [5, 5.41) is 3.25. The van der Waals surface area contributed by atoms with Crippen LogP contribution in [-0.2, 0) is 6.54 Å². The van der Waals surface area contributed by atoms with Gasteiger partial charge in [-0.3, -0.25) is 4.99 Å². The van der Waals surface area contributed by atoms with Gasteiger partial charge in [0.25, 0.3) is 0 Å². The molecule has 0 unspecified atom stereocenters. The molecule has 57 heavy (non-hydrogen) atoms. The number of rotatable bonds is 7. The lowest BCUT2D eigenvalue weighted by Gasteiger charge is -2.09. The molecule has 3 aromatic heterocycles. The molecule has 0 spiro atoms. The minimum absolute atomic E-state index is 0.489. The minimum Gasteiger partial charge on any atom is -0.452 e. The number of para-hydroxylation sites is 1. The number of benzene rings is 7. The van der Waals surface area contributed by atoms with Gasteiger partial charge in [0.1, 0.15) is 16.8 Å². The van der Waals surface area contributed by atoms with Crippen LogP contribution < -0.4 is 0 Å². The molecule has 0 saturated heterocycles. The zero-order chi connectivity index (χ0) is 38.1. The highest BCUT2D eigenvalue weighted by molar-refractivity contribution is 7.26. The second-order valence-electron chi connectivity index (χ2n) is 13.7. The molecular formula is C50H33N5OS. The Hall–Kier alpha value is -7.35. The monoisotopic (exact) mass is 751 g/mol. The molecule has 0 aliphatic rings. The first kappa shape index (κ1) is 34.2. The fraction of sp³-hybridized carbons (Fsp3) is 0.0200. The molecule has 7 aromatic carbocycles. The molecule has 0 amide bonds. The highest BCUT2D eigenvalue weighted by Crippen LogP contribution is 2.40. The number of furan rings is 1. The van der Waals surface area contributed by atoms with Crippen molar-refractivity contribution < 1.29 is 4.42 Å². The lowest BCUT2D eigenvalue weighted by molar-refractivity contribution is 0.667. The number of nitrogens with zero attached hydrogens (tertiary/aromatic N) is 5. The van der Waals surface area contributed by atoms with E-state index in [9.17, 15) is 0 Å². The van der Waals surface area contributed by atoms with Crippen molar-refractivity contribution in [2.75, 3.05) is 0 Å². The van der Waals surface area contributed by atoms with Gasteiger partial charge in [-0.2, -0.15) is 0 Å². The lowest BCUT2D eigenvalue weighted by Crippen LogP contribution is -2.06. The topological polar surface area (TPSA) is 76.0 Å². The summed E-state index contributed by atoms with van der Waals surface area (Å²) in [6.07, 6.45) is 0. The zero-order valence-electron chi connectivity index (χ0n) is 30.7. The standard InChI is InChI=1S/C50H33N5OS/c1-51-48(35-18-9-4-10-19-35)55-50(52-31-32-14-5-2-6-15-32)40-21-13-23-42-44(40)39-29-28-37(30-43(39)57-42)33-24-26-36(27-25-33)49-53-45(34-16-7-3-8-17-34)47-46(54-49)38-20-11-12-22-41(38)56-47/h2-30H,1,31H2. The molecule has 10 rings (SSSR count). The Labute approximate surface area is 332 Å². The van der Waals surface area contributed by atoms with Gasteiger partial charge in [0.15, 0.2) is 23.1 Å². The minimum atomic E-state index is 0.489. The number of thiophene rings is 1. The van der Waals surface area contributed by atoms with Crippen molar-refractivity contribution in [2.24, 2.45) is 15.0 Å². The zero-order valence-corrected chi connectivity index (χ0v) is 31.5. The molecule has 0 N–H and O–H groups in total. The van der Waals surface area contributed by atoms with Crippen LogP contribution in [0.15, 0.2) is 195 Å². The highest BCUT2D eigenvalue weighted by atomic mass is 32.1. The Bertz CT molecular complexity index is 3150. The van der Waals surface area contributed by atoms with Gasteiger partial charge in [0.2, 0.25) is 0 Å². The maximum atomic E-state index is 6.31. The Morgan fingerprint density at radius 2 is 1.28 bits per heavy atom. The van der Waals surface area contributed by atoms with E-state index < -0.39 is 0 Å². The second kappa shape index (κ2) is 14.7. The van der Waals surface area contributed by atoms with Crippen LogP contribution in [0, 0.1) is 0 Å². The Morgan fingerprint density at radius 3 is 2.07 bits per heavy atom. The van der Waals surface area contributed by atoms with Crippen molar-refractivity contribution in [3.63, 3.8) is 0 Å². The smallest absolute Gasteiger partial charge is 0.180 e. The fourth-order valence-corrected chi connectivity index (χ4v) is 8.50. The van der Waals surface area contributed by atoms with Gasteiger partial charge in [0, 0.05) is 47.8 Å². The van der Waals surface area contributed by atoms with Crippen LogP contribution in [0.2, 0.25) is 0 Å². The number of aliphatic imine (C=N–C) groups is 3. The number of hydrogen-bond acceptors (Lipinski definition) is 5. The van der Waals surface area contributed by atoms with Crippen LogP contribution in [0.5, 0.6) is 0 Å². The summed E-state index contributed by atoms with van der Waals surface area (Å²) in [6, 6.07) is 59.9. The van der Waals surface area contributed by atoms with Crippen LogP contribution >= 0.6 is 11.3 Å². The van der Waals surface area contributed by atoms with Crippen molar-refractivity contribution >= 4 is 72.0 Å². The van der Waals surface area contributed by atoms with E-state index in [1.807, 2.05) is 84.9 Å². The van der Waals surface area contributed by atoms with Gasteiger partial charge < -0.3 is 4.42 Å². The third-order valence-electron chi connectivity index (χ3n) is 10.1. The van der Waals surface area contributed by atoms with Crippen LogP contribution in [0.3, 0.4) is 0 Å². The van der Waals surface area contributed by atoms with E-state index in [4.69, 9.17) is 24.4 Å². The molecule has 7 heteroatoms. The average molecular weight is 752 g/mol. The van der Waals surface area contributed by atoms with Gasteiger partial charge in [0.05, 0.1) is 6.54 Å². The molecule has 0 fully saturated rings. The third-order valence-corrected chi connectivity index (χ3v) is 11.2. The number of aromatic nitrogens is 2. The first-order valence-electron chi connectivity index (χ1n) is 18.7. The van der Waals surface area contributed by atoms with E-state index in [2.05, 4.69) is 103 Å². The number of fused-ring (bicyclic) bond motifs is 6. The maximum Gasteiger partial charge on any atom is 0.180 e. The van der Waals surface area contributed by atoms with Crippen LogP contribution in [0.1, 0.15) is 16.7 Å². The summed E-state index contributed by atoms with van der Waals surface area (Å²) in [5.74, 6) is 1.81. The van der Waals surface area contributed by atoms with Crippen LogP contribution in [0.4, 0.5) is 0 Å². The van der Waals surface area contributed by atoms with Gasteiger partial charge in [-0.15, -0.1) is 11.3 Å². The van der Waals surface area contributed by atoms with Gasteiger partial charge >= 0.3 is 0 Å². The molecule has 6 nitrogen and oxygen atoms in total. The molecule has 0 bridgehead atoms. The van der Waals surface area contributed by atoms with Crippen molar-refractivity contribution in [3.05, 3.63) is 193 Å². The van der Waals surface area contributed by atoms with Gasteiger partial charge in [-0.1, -0.05) is 152 Å². The molecule has 10 aromatic rings. The first-order chi connectivity index (χ1) is 28.2. The Morgan fingerprint density at radius 1 is 0.579 bits per heavy atom. The Balaban J connectivity index is 1.04. The molecular weight excluding hydrogens is 719 g/mol. The SMILES string of the molecule is C=NC(=NC(=NCc1ccccc1)c1cccc2sc3cc(-c4ccc(-c5nc(-c6ccccc6)c6oc7ccccc7c6n5)cc4)ccc3c12)c1ccccc1. The molecule has 0 radical (unpaired) electrons. The van der Waals surface area contributed by atoms with E-state index in [-0.39, 0.29) is 0 Å². The van der Waals surface area contributed by atoms with Crippen molar-refractivity contribution in [1.82, 2.24) is 9.97 Å². The quantitative estimate of drug-likeness (QED) is 0.120. The predicted molar refractivity (Wildman–Crippen MR) is 238 cm³/mol. The van der Waals surface area contributed by atoms with Crippen LogP contribution in [0.25, 0.3) is 76.0 Å². The highest BCUT2D eigenvalue weighted by Gasteiger charge is 2.19. The van der Waals surface area contributed by atoms with E-state index in [1.165, 1.54) is 9.40 Å². The van der Waals surface area contributed by atoms with E-state index in [1.54, 1.807) is 11.3 Å². The van der Waals surface area contributed by atoms with Crippen molar-refractivity contribution in [2.45, 2.75) is 6.54 Å². The van der Waals surface area contributed by atoms with Crippen LogP contribution in [-0.4, -0.2) is 28.4 Å². The maximum absolute atomic E-state index is 6.31. The number of hydrogen-bond donors (Lipinski definition) is 0. The molecule has 0 atom stereocenters. The first-order valence-corrected chi connectivity index (χ1v) is 19.5. The Kier molecular flexibility index (Phi) is 8.82. The molecule has 0 aliphatic heterocycles. The summed E-state index contributed by atoms with van der Waals surface area (Å²) in [7, 11) is 0. The van der Waals surface area contributed by atoms with Gasteiger partial charge in [-0.05, 0) is 47.7 Å². The summed E-state index contributed by atoms with van der Waals surface area (Å²) >= 11 is 1.77. The van der Waals surface area contributed by atoms with E-state index in [0.717, 1.165) is 71.9 Å². The largest absolute Gasteiger partial charge is 0.452 e. The lowest BCUT2D eigenvalue weighted by atomic mass is 10.0. The molecule has 270 valence electrons. The van der Waals surface area contributed by atoms with E-state index >= 15 is 0 Å². The second-order valence-corrected chi connectivity index (χ2v) is 14.8. The number of amidine groups is 2. The third kappa shape index (κ3) is 6.50.